The Labute approximate surface area is 187 Å². The first-order valence-electron chi connectivity index (χ1n) is 11.0. The highest BCUT2D eigenvalue weighted by Crippen LogP contribution is 2.25. The Morgan fingerprint density at radius 1 is 1.06 bits per heavy atom. The van der Waals surface area contributed by atoms with Crippen molar-refractivity contribution in [2.24, 2.45) is 0 Å². The van der Waals surface area contributed by atoms with Crippen LogP contribution >= 0.6 is 0 Å². The molecule has 0 bridgehead atoms. The number of nitrogens with zero attached hydrogens (tertiary/aromatic N) is 5. The van der Waals surface area contributed by atoms with Gasteiger partial charge < -0.3 is 15.7 Å². The predicted octanol–water partition coefficient (Wildman–Crippen LogP) is 4.10. The molecule has 3 aromatic heterocycles. The second-order valence-electron chi connectivity index (χ2n) is 8.05. The van der Waals surface area contributed by atoms with E-state index in [4.69, 9.17) is 0 Å². The van der Waals surface area contributed by atoms with Crippen LogP contribution in [0.25, 0.3) is 16.8 Å². The molecule has 1 atom stereocenters. The third-order valence-electron chi connectivity index (χ3n) is 5.49. The summed E-state index contributed by atoms with van der Waals surface area (Å²) >= 11 is 0. The SMILES string of the molecule is CC[C@@H](CO)Nc1nc(NCc2cnccc2-c2ccccc2)n2ncc(C(C)C)c2n1. The molecule has 0 amide bonds. The highest BCUT2D eigenvalue weighted by molar-refractivity contribution is 5.67. The van der Waals surface area contributed by atoms with E-state index >= 15 is 0 Å². The van der Waals surface area contributed by atoms with Gasteiger partial charge in [0.2, 0.25) is 11.9 Å². The third kappa shape index (κ3) is 4.55. The molecule has 32 heavy (non-hydrogen) atoms. The van der Waals surface area contributed by atoms with Gasteiger partial charge in [-0.05, 0) is 35.1 Å². The Morgan fingerprint density at radius 3 is 2.59 bits per heavy atom. The van der Waals surface area contributed by atoms with E-state index in [0.717, 1.165) is 34.3 Å². The molecule has 0 saturated heterocycles. The van der Waals surface area contributed by atoms with Crippen LogP contribution in [0.5, 0.6) is 0 Å². The van der Waals surface area contributed by atoms with Crippen molar-refractivity contribution in [2.75, 3.05) is 17.2 Å². The Kier molecular flexibility index (Phi) is 6.61. The first kappa shape index (κ1) is 21.7. The van der Waals surface area contributed by atoms with Gasteiger partial charge in [0, 0.05) is 24.5 Å². The lowest BCUT2D eigenvalue weighted by atomic mass is 10.0. The van der Waals surface area contributed by atoms with Crippen LogP contribution in [0.15, 0.2) is 55.0 Å². The summed E-state index contributed by atoms with van der Waals surface area (Å²) in [6.45, 7) is 6.78. The van der Waals surface area contributed by atoms with E-state index in [1.54, 1.807) is 10.7 Å². The zero-order valence-corrected chi connectivity index (χ0v) is 18.7. The number of benzene rings is 1. The average molecular weight is 432 g/mol. The minimum absolute atomic E-state index is 0.0141. The highest BCUT2D eigenvalue weighted by Gasteiger charge is 2.17. The summed E-state index contributed by atoms with van der Waals surface area (Å²) in [6, 6.07) is 12.2. The van der Waals surface area contributed by atoms with Gasteiger partial charge in [-0.15, -0.1) is 0 Å². The number of hydrogen-bond acceptors (Lipinski definition) is 7. The van der Waals surface area contributed by atoms with Crippen molar-refractivity contribution in [3.05, 3.63) is 66.1 Å². The Morgan fingerprint density at radius 2 is 1.88 bits per heavy atom. The van der Waals surface area contributed by atoms with E-state index in [9.17, 15) is 5.11 Å². The molecule has 166 valence electrons. The van der Waals surface area contributed by atoms with Crippen molar-refractivity contribution < 1.29 is 5.11 Å². The molecule has 0 aliphatic carbocycles. The Hall–Kier alpha value is -3.52. The van der Waals surface area contributed by atoms with Crippen LogP contribution in [0, 0.1) is 0 Å². The van der Waals surface area contributed by atoms with Crippen LogP contribution in [0.2, 0.25) is 0 Å². The van der Waals surface area contributed by atoms with Crippen LogP contribution in [0.1, 0.15) is 44.2 Å². The summed E-state index contributed by atoms with van der Waals surface area (Å²) in [4.78, 5) is 13.7. The zero-order chi connectivity index (χ0) is 22.5. The van der Waals surface area contributed by atoms with Crippen LogP contribution in [-0.2, 0) is 6.54 Å². The lowest BCUT2D eigenvalue weighted by molar-refractivity contribution is 0.271. The molecule has 8 heteroatoms. The van der Waals surface area contributed by atoms with Gasteiger partial charge in [0.1, 0.15) is 0 Å². The molecule has 0 radical (unpaired) electrons. The van der Waals surface area contributed by atoms with E-state index in [-0.39, 0.29) is 18.6 Å². The maximum atomic E-state index is 9.61. The maximum Gasteiger partial charge on any atom is 0.229 e. The van der Waals surface area contributed by atoms with Gasteiger partial charge in [-0.2, -0.15) is 19.6 Å². The minimum Gasteiger partial charge on any atom is -0.394 e. The number of nitrogens with one attached hydrogen (secondary N) is 2. The number of fused-ring (bicyclic) bond motifs is 1. The van der Waals surface area contributed by atoms with Crippen molar-refractivity contribution in [1.29, 1.82) is 0 Å². The molecule has 0 aliphatic heterocycles. The molecule has 4 rings (SSSR count). The first-order chi connectivity index (χ1) is 15.6. The number of hydrogen-bond donors (Lipinski definition) is 3. The molecule has 0 fully saturated rings. The number of aromatic nitrogens is 5. The normalized spacial score (nSPS) is 12.3. The van der Waals surface area contributed by atoms with Gasteiger partial charge in [0.15, 0.2) is 5.65 Å². The van der Waals surface area contributed by atoms with Crippen LogP contribution in [0.4, 0.5) is 11.9 Å². The number of aliphatic hydroxyl groups is 1. The Bertz CT molecular complexity index is 1170. The van der Waals surface area contributed by atoms with E-state index in [1.165, 1.54) is 0 Å². The lowest BCUT2D eigenvalue weighted by Crippen LogP contribution is -2.24. The summed E-state index contributed by atoms with van der Waals surface area (Å²) in [5.74, 6) is 1.32. The fourth-order valence-electron chi connectivity index (χ4n) is 3.58. The number of aliphatic hydroxyl groups excluding tert-OH is 1. The van der Waals surface area contributed by atoms with Crippen molar-refractivity contribution >= 4 is 17.5 Å². The summed E-state index contributed by atoms with van der Waals surface area (Å²) in [7, 11) is 0. The molecule has 0 saturated carbocycles. The molecule has 0 aliphatic rings. The maximum absolute atomic E-state index is 9.61. The van der Waals surface area contributed by atoms with Crippen LogP contribution in [-0.4, -0.2) is 42.3 Å². The molecule has 0 spiro atoms. The standard InChI is InChI=1S/C24H29N7O/c1-4-19(15-32)28-23-29-22-21(16(2)3)14-27-31(22)24(30-23)26-13-18-12-25-11-10-20(18)17-8-6-5-7-9-17/h5-12,14,16,19,32H,4,13,15H2,1-3H3,(H2,26,28,29,30)/t19-/m0/s1. The van der Waals surface area contributed by atoms with Crippen molar-refractivity contribution in [3.63, 3.8) is 0 Å². The molecule has 3 N–H and O–H groups in total. The minimum atomic E-state index is -0.112. The number of pyridine rings is 1. The molecule has 4 aromatic rings. The van der Waals surface area contributed by atoms with Gasteiger partial charge in [-0.25, -0.2) is 0 Å². The second kappa shape index (κ2) is 9.74. The molecular formula is C24H29N7O. The van der Waals surface area contributed by atoms with Crippen molar-refractivity contribution in [3.8, 4) is 11.1 Å². The van der Waals surface area contributed by atoms with E-state index in [0.29, 0.717) is 18.4 Å². The molecule has 8 nitrogen and oxygen atoms in total. The topological polar surface area (TPSA) is 100 Å². The van der Waals surface area contributed by atoms with E-state index < -0.39 is 0 Å². The largest absolute Gasteiger partial charge is 0.394 e. The summed E-state index contributed by atoms with van der Waals surface area (Å²) < 4.78 is 1.74. The molecule has 1 aromatic carbocycles. The smallest absolute Gasteiger partial charge is 0.229 e. The summed E-state index contributed by atoms with van der Waals surface area (Å²) in [5, 5.41) is 20.8. The van der Waals surface area contributed by atoms with Crippen molar-refractivity contribution in [1.82, 2.24) is 24.6 Å². The number of anilines is 2. The van der Waals surface area contributed by atoms with Crippen molar-refractivity contribution in [2.45, 2.75) is 45.7 Å². The zero-order valence-electron chi connectivity index (χ0n) is 18.7. The van der Waals surface area contributed by atoms with Gasteiger partial charge in [0.25, 0.3) is 0 Å². The Balaban J connectivity index is 1.69. The van der Waals surface area contributed by atoms with E-state index in [1.807, 2.05) is 43.6 Å². The number of rotatable bonds is 9. The summed E-state index contributed by atoms with van der Waals surface area (Å²) in [5.41, 5.74) is 5.10. The molecular weight excluding hydrogens is 402 g/mol. The van der Waals surface area contributed by atoms with Crippen LogP contribution in [0.3, 0.4) is 0 Å². The van der Waals surface area contributed by atoms with Gasteiger partial charge in [-0.3, -0.25) is 4.98 Å². The van der Waals surface area contributed by atoms with Gasteiger partial charge in [0.05, 0.1) is 18.8 Å². The molecule has 0 unspecified atom stereocenters. The van der Waals surface area contributed by atoms with Gasteiger partial charge >= 0.3 is 0 Å². The average Bonchev–Trinajstić information content (AvgIpc) is 3.26. The third-order valence-corrected chi connectivity index (χ3v) is 5.49. The lowest BCUT2D eigenvalue weighted by Gasteiger charge is -2.16. The fraction of sp³-hybridized carbons (Fsp3) is 0.333. The monoisotopic (exact) mass is 431 g/mol. The fourth-order valence-corrected chi connectivity index (χ4v) is 3.58. The molecule has 3 heterocycles. The first-order valence-corrected chi connectivity index (χ1v) is 11.0. The quantitative estimate of drug-likeness (QED) is 0.367. The van der Waals surface area contributed by atoms with E-state index in [2.05, 4.69) is 56.7 Å². The summed E-state index contributed by atoms with van der Waals surface area (Å²) in [6.07, 6.45) is 6.28. The predicted molar refractivity (Wildman–Crippen MR) is 127 cm³/mol. The van der Waals surface area contributed by atoms with Gasteiger partial charge in [-0.1, -0.05) is 51.1 Å². The van der Waals surface area contributed by atoms with Crippen LogP contribution < -0.4 is 10.6 Å². The highest BCUT2D eigenvalue weighted by atomic mass is 16.3. The second-order valence-corrected chi connectivity index (χ2v) is 8.05.